The van der Waals surface area contributed by atoms with Crippen LogP contribution in [0.3, 0.4) is 0 Å². The zero-order chi connectivity index (χ0) is 28.8. The van der Waals surface area contributed by atoms with E-state index in [0.717, 1.165) is 19.4 Å². The number of benzene rings is 3. The van der Waals surface area contributed by atoms with Crippen molar-refractivity contribution < 1.29 is 18.7 Å². The van der Waals surface area contributed by atoms with Crippen LogP contribution in [0.15, 0.2) is 73.1 Å². The molecular weight excluding hydrogens is 545 g/mol. The number of nitrogens with one attached hydrogen (secondary N) is 2. The Hall–Kier alpha value is -4.21. The lowest BCUT2D eigenvalue weighted by molar-refractivity contribution is -0.112. The Kier molecular flexibility index (Phi) is 8.96. The standard InChI is InChI=1S/C31H31ClFN5O3/c1-3-40-29-17-26-24(16-27(29)37-30(39)12-10-23-8-5-13-38(23)2)31(35-19-34-26)36-22-9-11-28(25(32)15-22)41-18-20-6-4-7-21(33)14-20/h4,6-7,9-12,14-17,19,23H,3,5,8,13,18H2,1-2H3,(H,37,39)(H,34,35,36)/b12-10+. The zero-order valence-corrected chi connectivity index (χ0v) is 23.6. The van der Waals surface area contributed by atoms with Crippen LogP contribution in [0.5, 0.6) is 11.5 Å². The number of hydrogen-bond donors (Lipinski definition) is 2. The molecule has 1 unspecified atom stereocenters. The molecule has 0 bridgehead atoms. The Morgan fingerprint density at radius 3 is 2.78 bits per heavy atom. The number of amides is 1. The highest BCUT2D eigenvalue weighted by atomic mass is 35.5. The second kappa shape index (κ2) is 13.0. The Labute approximate surface area is 243 Å². The van der Waals surface area contributed by atoms with Gasteiger partial charge in [0.2, 0.25) is 5.91 Å². The van der Waals surface area contributed by atoms with E-state index in [1.807, 2.05) is 19.1 Å². The number of aromatic nitrogens is 2. The lowest BCUT2D eigenvalue weighted by atomic mass is 10.1. The topological polar surface area (TPSA) is 88.6 Å². The van der Waals surface area contributed by atoms with Crippen molar-refractivity contribution in [2.75, 3.05) is 30.8 Å². The van der Waals surface area contributed by atoms with Gasteiger partial charge in [0.25, 0.3) is 0 Å². The number of halogens is 2. The van der Waals surface area contributed by atoms with Gasteiger partial charge in [0, 0.05) is 29.3 Å². The molecule has 0 spiro atoms. The van der Waals surface area contributed by atoms with E-state index in [0.29, 0.717) is 56.8 Å². The van der Waals surface area contributed by atoms with Gasteiger partial charge in [-0.2, -0.15) is 0 Å². The van der Waals surface area contributed by atoms with Gasteiger partial charge in [-0.15, -0.1) is 0 Å². The summed E-state index contributed by atoms with van der Waals surface area (Å²) in [5, 5.41) is 7.31. The molecule has 41 heavy (non-hydrogen) atoms. The van der Waals surface area contributed by atoms with Crippen molar-refractivity contribution in [2.24, 2.45) is 0 Å². The van der Waals surface area contributed by atoms with Crippen LogP contribution in [0.1, 0.15) is 25.3 Å². The summed E-state index contributed by atoms with van der Waals surface area (Å²) in [4.78, 5) is 23.9. The molecule has 1 aromatic heterocycles. The first-order chi connectivity index (χ1) is 19.9. The maximum atomic E-state index is 13.5. The van der Waals surface area contributed by atoms with Gasteiger partial charge in [-0.25, -0.2) is 14.4 Å². The molecular formula is C31H31ClFN5O3. The van der Waals surface area contributed by atoms with Crippen molar-refractivity contribution in [3.63, 3.8) is 0 Å². The number of nitrogens with zero attached hydrogens (tertiary/aromatic N) is 3. The molecule has 3 aromatic carbocycles. The molecule has 1 saturated heterocycles. The fourth-order valence-electron chi connectivity index (χ4n) is 4.73. The molecule has 8 nitrogen and oxygen atoms in total. The average molecular weight is 576 g/mol. The molecule has 5 rings (SSSR count). The van der Waals surface area contributed by atoms with Crippen LogP contribution >= 0.6 is 11.6 Å². The van der Waals surface area contributed by atoms with Gasteiger partial charge in [-0.05, 0) is 75.3 Å². The highest BCUT2D eigenvalue weighted by Gasteiger charge is 2.18. The number of carbonyl (C=O) groups is 1. The zero-order valence-electron chi connectivity index (χ0n) is 22.9. The third kappa shape index (κ3) is 7.11. The molecule has 1 fully saturated rings. The number of carbonyl (C=O) groups excluding carboxylic acids is 1. The van der Waals surface area contributed by atoms with E-state index in [1.54, 1.807) is 42.5 Å². The summed E-state index contributed by atoms with van der Waals surface area (Å²) in [5.41, 5.74) is 2.54. The molecule has 2 heterocycles. The lowest BCUT2D eigenvalue weighted by Crippen LogP contribution is -2.23. The number of likely N-dealkylation sites (N-methyl/N-ethyl adjacent to an activating group) is 1. The van der Waals surface area contributed by atoms with Crippen molar-refractivity contribution >= 4 is 45.6 Å². The van der Waals surface area contributed by atoms with Crippen molar-refractivity contribution in [3.05, 3.63) is 89.5 Å². The second-order valence-electron chi connectivity index (χ2n) is 9.75. The minimum atomic E-state index is -0.321. The van der Waals surface area contributed by atoms with E-state index in [9.17, 15) is 9.18 Å². The van der Waals surface area contributed by atoms with Gasteiger partial charge in [-0.3, -0.25) is 9.69 Å². The van der Waals surface area contributed by atoms with E-state index in [4.69, 9.17) is 21.1 Å². The number of ether oxygens (including phenoxy) is 2. The minimum absolute atomic E-state index is 0.185. The first-order valence-corrected chi connectivity index (χ1v) is 13.8. The van der Waals surface area contributed by atoms with Gasteiger partial charge in [-0.1, -0.05) is 29.8 Å². The van der Waals surface area contributed by atoms with Crippen molar-refractivity contribution in [3.8, 4) is 11.5 Å². The van der Waals surface area contributed by atoms with Crippen molar-refractivity contribution in [2.45, 2.75) is 32.4 Å². The van der Waals surface area contributed by atoms with Crippen LogP contribution in [0.4, 0.5) is 21.6 Å². The highest BCUT2D eigenvalue weighted by Crippen LogP contribution is 2.35. The molecule has 0 saturated carbocycles. The number of fused-ring (bicyclic) bond motifs is 1. The predicted octanol–water partition coefficient (Wildman–Crippen LogP) is 6.73. The summed E-state index contributed by atoms with van der Waals surface area (Å²) in [6, 6.07) is 15.3. The van der Waals surface area contributed by atoms with Crippen LogP contribution in [-0.2, 0) is 11.4 Å². The number of hydrogen-bond acceptors (Lipinski definition) is 7. The lowest BCUT2D eigenvalue weighted by Gasteiger charge is -2.16. The smallest absolute Gasteiger partial charge is 0.248 e. The molecule has 1 amide bonds. The summed E-state index contributed by atoms with van der Waals surface area (Å²) in [7, 11) is 2.06. The molecule has 0 aliphatic carbocycles. The van der Waals surface area contributed by atoms with E-state index in [2.05, 4.69) is 32.5 Å². The third-order valence-corrected chi connectivity index (χ3v) is 7.11. The fraction of sp³-hybridized carbons (Fsp3) is 0.258. The molecule has 1 aliphatic rings. The first kappa shape index (κ1) is 28.3. The van der Waals surface area contributed by atoms with E-state index < -0.39 is 0 Å². The summed E-state index contributed by atoms with van der Waals surface area (Å²) in [6.45, 7) is 3.53. The molecule has 4 aromatic rings. The van der Waals surface area contributed by atoms with Gasteiger partial charge in [0.05, 0.1) is 22.8 Å². The highest BCUT2D eigenvalue weighted by molar-refractivity contribution is 6.32. The largest absolute Gasteiger partial charge is 0.492 e. The van der Waals surface area contributed by atoms with Crippen molar-refractivity contribution in [1.29, 1.82) is 0 Å². The molecule has 1 atom stereocenters. The second-order valence-corrected chi connectivity index (χ2v) is 10.2. The SMILES string of the molecule is CCOc1cc2ncnc(Nc3ccc(OCc4cccc(F)c4)c(Cl)c3)c2cc1NC(=O)/C=C/C1CCCN1C. The van der Waals surface area contributed by atoms with Crippen LogP contribution < -0.4 is 20.1 Å². The summed E-state index contributed by atoms with van der Waals surface area (Å²) < 4.78 is 25.1. The van der Waals surface area contributed by atoms with Gasteiger partial charge >= 0.3 is 0 Å². The maximum absolute atomic E-state index is 13.5. The van der Waals surface area contributed by atoms with Crippen molar-refractivity contribution in [1.82, 2.24) is 14.9 Å². The van der Waals surface area contributed by atoms with Crippen LogP contribution in [-0.4, -0.2) is 47.0 Å². The maximum Gasteiger partial charge on any atom is 0.248 e. The molecule has 1 aliphatic heterocycles. The Balaban J connectivity index is 1.35. The molecule has 0 radical (unpaired) electrons. The molecule has 2 N–H and O–H groups in total. The van der Waals surface area contributed by atoms with Crippen LogP contribution in [0.25, 0.3) is 10.9 Å². The monoisotopic (exact) mass is 575 g/mol. The fourth-order valence-corrected chi connectivity index (χ4v) is 4.96. The molecule has 10 heteroatoms. The quantitative estimate of drug-likeness (QED) is 0.203. The number of likely N-dealkylation sites (tertiary alicyclic amines) is 1. The molecule has 212 valence electrons. The first-order valence-electron chi connectivity index (χ1n) is 13.4. The Morgan fingerprint density at radius 1 is 1.15 bits per heavy atom. The summed E-state index contributed by atoms with van der Waals surface area (Å²) in [6.07, 6.45) is 7.13. The normalized spacial score (nSPS) is 15.4. The van der Waals surface area contributed by atoms with E-state index in [-0.39, 0.29) is 24.4 Å². The number of rotatable bonds is 10. The van der Waals surface area contributed by atoms with Gasteiger partial charge in [0.1, 0.15) is 36.1 Å². The van der Waals surface area contributed by atoms with Crippen LogP contribution in [0, 0.1) is 5.82 Å². The van der Waals surface area contributed by atoms with E-state index in [1.165, 1.54) is 18.5 Å². The average Bonchev–Trinajstić information content (AvgIpc) is 3.37. The third-order valence-electron chi connectivity index (χ3n) is 6.82. The van der Waals surface area contributed by atoms with E-state index >= 15 is 0 Å². The Bertz CT molecular complexity index is 1580. The van der Waals surface area contributed by atoms with Gasteiger partial charge in [0.15, 0.2) is 0 Å². The summed E-state index contributed by atoms with van der Waals surface area (Å²) >= 11 is 6.49. The number of anilines is 3. The van der Waals surface area contributed by atoms with Gasteiger partial charge < -0.3 is 20.1 Å². The Morgan fingerprint density at radius 2 is 2.02 bits per heavy atom. The summed E-state index contributed by atoms with van der Waals surface area (Å²) in [5.74, 6) is 0.960. The predicted molar refractivity (Wildman–Crippen MR) is 160 cm³/mol. The van der Waals surface area contributed by atoms with Crippen LogP contribution in [0.2, 0.25) is 5.02 Å². The minimum Gasteiger partial charge on any atom is -0.492 e.